The Bertz CT molecular complexity index is 826. The largest absolute Gasteiger partial charge is 0.495 e. The second kappa shape index (κ2) is 6.41. The van der Waals surface area contributed by atoms with Crippen LogP contribution in [0.4, 0.5) is 0 Å². The minimum Gasteiger partial charge on any atom is -0.495 e. The fourth-order valence-electron chi connectivity index (χ4n) is 2.09. The zero-order valence-corrected chi connectivity index (χ0v) is 14.1. The maximum atomic E-state index is 12.1. The van der Waals surface area contributed by atoms with Gasteiger partial charge in [0.2, 0.25) is 0 Å². The molecule has 1 heterocycles. The topological polar surface area (TPSA) is 98.5 Å². The number of aromatic nitrogens is 1. The Balaban J connectivity index is 2.23. The van der Waals surface area contributed by atoms with Gasteiger partial charge in [-0.3, -0.25) is 4.79 Å². The van der Waals surface area contributed by atoms with Gasteiger partial charge in [0.25, 0.3) is 5.91 Å². The van der Waals surface area contributed by atoms with E-state index in [0.29, 0.717) is 11.3 Å². The Morgan fingerprint density at radius 1 is 1.35 bits per heavy atom. The first-order chi connectivity index (χ1) is 10.7. The summed E-state index contributed by atoms with van der Waals surface area (Å²) in [5, 5.41) is 6.42. The van der Waals surface area contributed by atoms with Crippen LogP contribution in [0.1, 0.15) is 34.8 Å². The van der Waals surface area contributed by atoms with Crippen molar-refractivity contribution in [2.45, 2.75) is 24.8 Å². The number of ether oxygens (including phenoxy) is 1. The first-order valence-corrected chi connectivity index (χ1v) is 8.73. The Morgan fingerprint density at radius 3 is 2.57 bits per heavy atom. The molecule has 0 bridgehead atoms. The number of amides is 1. The lowest BCUT2D eigenvalue weighted by molar-refractivity contribution is 0.0930. The molecule has 1 N–H and O–H groups in total. The molecule has 23 heavy (non-hydrogen) atoms. The summed E-state index contributed by atoms with van der Waals surface area (Å²) in [6, 6.07) is 5.87. The number of carbonyl (C=O) groups excluding carboxylic acids is 1. The second-order valence-electron chi connectivity index (χ2n) is 5.20. The molecule has 0 aliphatic carbocycles. The minimum absolute atomic E-state index is 0.106. The number of nitrogens with zero attached hydrogens (tertiary/aromatic N) is 1. The molecule has 0 aliphatic heterocycles. The van der Waals surface area contributed by atoms with Crippen LogP contribution in [-0.2, 0) is 9.84 Å². The fraction of sp³-hybridized carbons (Fsp3) is 0.333. The van der Waals surface area contributed by atoms with Crippen molar-refractivity contribution in [3.8, 4) is 5.75 Å². The van der Waals surface area contributed by atoms with Gasteiger partial charge in [-0.25, -0.2) is 8.42 Å². The van der Waals surface area contributed by atoms with Gasteiger partial charge in [-0.2, -0.15) is 0 Å². The molecule has 0 aliphatic rings. The van der Waals surface area contributed by atoms with E-state index in [1.54, 1.807) is 26.0 Å². The van der Waals surface area contributed by atoms with Crippen LogP contribution in [0.5, 0.6) is 5.75 Å². The Morgan fingerprint density at radius 2 is 2.04 bits per heavy atom. The van der Waals surface area contributed by atoms with E-state index in [4.69, 9.17) is 9.26 Å². The van der Waals surface area contributed by atoms with Gasteiger partial charge in [0.05, 0.1) is 13.2 Å². The van der Waals surface area contributed by atoms with E-state index in [1.165, 1.54) is 19.2 Å². The molecule has 7 nitrogen and oxygen atoms in total. The molecular formula is C15H18N2O5S. The summed E-state index contributed by atoms with van der Waals surface area (Å²) >= 11 is 0. The summed E-state index contributed by atoms with van der Waals surface area (Å²) in [4.78, 5) is 12.2. The van der Waals surface area contributed by atoms with E-state index >= 15 is 0 Å². The molecule has 1 aromatic heterocycles. The predicted octanol–water partition coefficient (Wildman–Crippen LogP) is 1.89. The summed E-state index contributed by atoms with van der Waals surface area (Å²) in [5.74, 6) is 0.408. The predicted molar refractivity (Wildman–Crippen MR) is 83.2 cm³/mol. The minimum atomic E-state index is -3.39. The molecule has 0 saturated carbocycles. The third-order valence-electron chi connectivity index (χ3n) is 3.30. The van der Waals surface area contributed by atoms with Crippen LogP contribution in [0.3, 0.4) is 0 Å². The van der Waals surface area contributed by atoms with Gasteiger partial charge in [-0.1, -0.05) is 11.2 Å². The zero-order chi connectivity index (χ0) is 17.2. The van der Waals surface area contributed by atoms with Crippen molar-refractivity contribution >= 4 is 15.7 Å². The lowest BCUT2D eigenvalue weighted by Gasteiger charge is -2.15. The molecule has 1 aromatic carbocycles. The standard InChI is InChI=1S/C15H18N2O5S/c1-9-7-12(17-22-9)15(18)16-10(2)11-5-6-14(23(4,19)20)13(8-11)21-3/h5-8,10H,1-4H3,(H,16,18). The number of carbonyl (C=O) groups is 1. The zero-order valence-electron chi connectivity index (χ0n) is 13.3. The number of rotatable bonds is 5. The van der Waals surface area contributed by atoms with E-state index in [0.717, 1.165) is 6.26 Å². The van der Waals surface area contributed by atoms with Crippen molar-refractivity contribution < 1.29 is 22.5 Å². The van der Waals surface area contributed by atoms with Crippen LogP contribution in [0.25, 0.3) is 0 Å². The Hall–Kier alpha value is -2.35. The summed E-state index contributed by atoms with van der Waals surface area (Å²) in [5.41, 5.74) is 0.900. The summed E-state index contributed by atoms with van der Waals surface area (Å²) < 4.78 is 33.4. The highest BCUT2D eigenvalue weighted by molar-refractivity contribution is 7.90. The molecule has 0 saturated heterocycles. The normalized spacial score (nSPS) is 12.7. The fourth-order valence-corrected chi connectivity index (χ4v) is 2.91. The molecule has 1 atom stereocenters. The molecule has 0 radical (unpaired) electrons. The van der Waals surface area contributed by atoms with E-state index in [9.17, 15) is 13.2 Å². The van der Waals surface area contributed by atoms with Crippen LogP contribution >= 0.6 is 0 Å². The second-order valence-corrected chi connectivity index (χ2v) is 7.18. The molecule has 0 spiro atoms. The van der Waals surface area contributed by atoms with Crippen LogP contribution in [0.15, 0.2) is 33.7 Å². The monoisotopic (exact) mass is 338 g/mol. The first kappa shape index (κ1) is 17.0. The van der Waals surface area contributed by atoms with Crippen molar-refractivity contribution in [3.05, 3.63) is 41.3 Å². The van der Waals surface area contributed by atoms with Crippen LogP contribution in [0, 0.1) is 6.92 Å². The highest BCUT2D eigenvalue weighted by Gasteiger charge is 2.19. The molecule has 1 unspecified atom stereocenters. The quantitative estimate of drug-likeness (QED) is 0.894. The van der Waals surface area contributed by atoms with Gasteiger partial charge in [0, 0.05) is 12.3 Å². The van der Waals surface area contributed by atoms with Crippen molar-refractivity contribution in [1.29, 1.82) is 0 Å². The van der Waals surface area contributed by atoms with Crippen LogP contribution in [0.2, 0.25) is 0 Å². The molecule has 124 valence electrons. The summed E-state index contributed by atoms with van der Waals surface area (Å²) in [6.07, 6.45) is 1.11. The number of benzene rings is 1. The van der Waals surface area contributed by atoms with Gasteiger partial charge < -0.3 is 14.6 Å². The Kier molecular flexibility index (Phi) is 4.74. The molecule has 2 aromatic rings. The van der Waals surface area contributed by atoms with Crippen LogP contribution in [-0.4, -0.2) is 32.8 Å². The van der Waals surface area contributed by atoms with Gasteiger partial charge in [-0.15, -0.1) is 0 Å². The molecule has 1 amide bonds. The van der Waals surface area contributed by atoms with Gasteiger partial charge in [-0.05, 0) is 31.5 Å². The smallest absolute Gasteiger partial charge is 0.273 e. The average Bonchev–Trinajstić information content (AvgIpc) is 2.92. The van der Waals surface area contributed by atoms with E-state index in [-0.39, 0.29) is 28.3 Å². The average molecular weight is 338 g/mol. The number of hydrogen-bond donors (Lipinski definition) is 1. The molecular weight excluding hydrogens is 320 g/mol. The number of methoxy groups -OCH3 is 1. The molecule has 8 heteroatoms. The molecule has 2 rings (SSSR count). The van der Waals surface area contributed by atoms with Crippen molar-refractivity contribution in [1.82, 2.24) is 10.5 Å². The number of sulfone groups is 1. The number of nitrogens with one attached hydrogen (secondary N) is 1. The molecule has 0 fully saturated rings. The summed E-state index contributed by atoms with van der Waals surface area (Å²) in [7, 11) is -1.99. The Labute approximate surface area is 134 Å². The third-order valence-corrected chi connectivity index (χ3v) is 4.43. The number of aryl methyl sites for hydroxylation is 1. The van der Waals surface area contributed by atoms with E-state index in [2.05, 4.69) is 10.5 Å². The maximum Gasteiger partial charge on any atom is 0.273 e. The number of hydrogen-bond acceptors (Lipinski definition) is 6. The van der Waals surface area contributed by atoms with Gasteiger partial charge >= 0.3 is 0 Å². The lowest BCUT2D eigenvalue weighted by atomic mass is 10.1. The van der Waals surface area contributed by atoms with E-state index < -0.39 is 9.84 Å². The highest BCUT2D eigenvalue weighted by Crippen LogP contribution is 2.27. The summed E-state index contributed by atoms with van der Waals surface area (Å²) in [6.45, 7) is 3.47. The first-order valence-electron chi connectivity index (χ1n) is 6.84. The van der Waals surface area contributed by atoms with Gasteiger partial charge in [0.1, 0.15) is 16.4 Å². The van der Waals surface area contributed by atoms with Crippen molar-refractivity contribution in [2.24, 2.45) is 0 Å². The SMILES string of the molecule is COc1cc(C(C)NC(=O)c2cc(C)on2)ccc1S(C)(=O)=O. The maximum absolute atomic E-state index is 12.1. The van der Waals surface area contributed by atoms with E-state index in [1.807, 2.05) is 0 Å². The van der Waals surface area contributed by atoms with Crippen LogP contribution < -0.4 is 10.1 Å². The highest BCUT2D eigenvalue weighted by atomic mass is 32.2. The lowest BCUT2D eigenvalue weighted by Crippen LogP contribution is -2.27. The van der Waals surface area contributed by atoms with Crippen molar-refractivity contribution in [3.63, 3.8) is 0 Å². The third kappa shape index (κ3) is 3.89. The van der Waals surface area contributed by atoms with Crippen molar-refractivity contribution in [2.75, 3.05) is 13.4 Å². The van der Waals surface area contributed by atoms with Gasteiger partial charge in [0.15, 0.2) is 15.5 Å².